The van der Waals surface area contributed by atoms with E-state index in [1.54, 1.807) is 0 Å². The van der Waals surface area contributed by atoms with Gasteiger partial charge in [-0.2, -0.15) is 0 Å². The molecule has 1 unspecified atom stereocenters. The fraction of sp³-hybridized carbons (Fsp3) is 0.857. The number of rotatable bonds is 1. The number of nitrogens with two attached hydrogens (primary N) is 1. The van der Waals surface area contributed by atoms with Crippen molar-refractivity contribution in [1.29, 1.82) is 0 Å². The fourth-order valence-corrected chi connectivity index (χ4v) is 1.27. The standard InChI is InChI=1S/C7H14N2O.ClH/c1-7(6(8)10)3-2-4-9-5-7;/h9H,2-5H2,1H3,(H2,8,10);1H. The normalized spacial score (nSPS) is 30.6. The Morgan fingerprint density at radius 3 is 2.55 bits per heavy atom. The number of amides is 1. The molecule has 1 rings (SSSR count). The quantitative estimate of drug-likeness (QED) is 0.606. The van der Waals surface area contributed by atoms with E-state index in [0.29, 0.717) is 0 Å². The number of carbonyl (C=O) groups is 1. The lowest BCUT2D eigenvalue weighted by molar-refractivity contribution is -0.127. The van der Waals surface area contributed by atoms with Gasteiger partial charge in [-0.05, 0) is 26.3 Å². The summed E-state index contributed by atoms with van der Waals surface area (Å²) in [6, 6.07) is 0. The Labute approximate surface area is 73.1 Å². The van der Waals surface area contributed by atoms with Crippen molar-refractivity contribution in [3.63, 3.8) is 0 Å². The van der Waals surface area contributed by atoms with E-state index in [1.807, 2.05) is 6.92 Å². The summed E-state index contributed by atoms with van der Waals surface area (Å²) >= 11 is 0. The van der Waals surface area contributed by atoms with Crippen molar-refractivity contribution in [2.75, 3.05) is 13.1 Å². The third-order valence-corrected chi connectivity index (χ3v) is 2.19. The lowest BCUT2D eigenvalue weighted by Gasteiger charge is -2.30. The average molecular weight is 179 g/mol. The zero-order chi connectivity index (χ0) is 7.61. The summed E-state index contributed by atoms with van der Waals surface area (Å²) in [7, 11) is 0. The first-order valence-electron chi connectivity index (χ1n) is 3.66. The lowest BCUT2D eigenvalue weighted by atomic mass is 9.82. The van der Waals surface area contributed by atoms with Gasteiger partial charge < -0.3 is 11.1 Å². The van der Waals surface area contributed by atoms with Crippen molar-refractivity contribution in [3.05, 3.63) is 0 Å². The second kappa shape index (κ2) is 3.93. The molecule has 1 amide bonds. The summed E-state index contributed by atoms with van der Waals surface area (Å²) in [6.07, 6.45) is 1.98. The summed E-state index contributed by atoms with van der Waals surface area (Å²) in [6.45, 7) is 3.67. The van der Waals surface area contributed by atoms with Gasteiger partial charge in [-0.25, -0.2) is 0 Å². The van der Waals surface area contributed by atoms with E-state index in [2.05, 4.69) is 5.32 Å². The molecule has 1 heterocycles. The highest BCUT2D eigenvalue weighted by Gasteiger charge is 2.32. The second-order valence-electron chi connectivity index (χ2n) is 3.21. The maximum atomic E-state index is 10.9. The molecule has 1 atom stereocenters. The minimum absolute atomic E-state index is 0. The molecule has 3 nitrogen and oxygen atoms in total. The molecule has 0 aliphatic carbocycles. The van der Waals surface area contributed by atoms with Crippen molar-refractivity contribution in [3.8, 4) is 0 Å². The molecule has 0 saturated carbocycles. The van der Waals surface area contributed by atoms with Crippen LogP contribution in [0.3, 0.4) is 0 Å². The van der Waals surface area contributed by atoms with E-state index in [-0.39, 0.29) is 23.7 Å². The summed E-state index contributed by atoms with van der Waals surface area (Å²) < 4.78 is 0. The van der Waals surface area contributed by atoms with Gasteiger partial charge in [0.15, 0.2) is 0 Å². The Hall–Kier alpha value is -0.280. The van der Waals surface area contributed by atoms with Gasteiger partial charge in [-0.15, -0.1) is 12.4 Å². The minimum atomic E-state index is -0.293. The molecular formula is C7H15ClN2O. The molecule has 66 valence electrons. The van der Waals surface area contributed by atoms with Crippen molar-refractivity contribution in [1.82, 2.24) is 5.32 Å². The molecule has 0 aromatic heterocycles. The predicted octanol–water partition coefficient (Wildman–Crippen LogP) is 0.283. The molecule has 1 saturated heterocycles. The van der Waals surface area contributed by atoms with Crippen molar-refractivity contribution in [2.24, 2.45) is 11.1 Å². The van der Waals surface area contributed by atoms with E-state index < -0.39 is 0 Å². The number of hydrogen-bond acceptors (Lipinski definition) is 2. The molecule has 0 bridgehead atoms. The van der Waals surface area contributed by atoms with E-state index in [4.69, 9.17) is 5.73 Å². The second-order valence-corrected chi connectivity index (χ2v) is 3.21. The molecule has 4 heteroatoms. The SMILES string of the molecule is CC1(C(N)=O)CCCNC1.Cl. The maximum Gasteiger partial charge on any atom is 0.224 e. The van der Waals surface area contributed by atoms with Gasteiger partial charge in [-0.3, -0.25) is 4.79 Å². The molecule has 1 fully saturated rings. The highest BCUT2D eigenvalue weighted by Crippen LogP contribution is 2.24. The molecule has 0 spiro atoms. The Morgan fingerprint density at radius 1 is 1.64 bits per heavy atom. The highest BCUT2D eigenvalue weighted by atomic mass is 35.5. The summed E-state index contributed by atoms with van der Waals surface area (Å²) in [4.78, 5) is 10.9. The van der Waals surface area contributed by atoms with Gasteiger partial charge in [0.2, 0.25) is 5.91 Å². The molecular weight excluding hydrogens is 164 g/mol. The van der Waals surface area contributed by atoms with E-state index in [9.17, 15) is 4.79 Å². The lowest BCUT2D eigenvalue weighted by Crippen LogP contribution is -2.46. The van der Waals surface area contributed by atoms with Crippen LogP contribution in [0.1, 0.15) is 19.8 Å². The predicted molar refractivity (Wildman–Crippen MR) is 46.7 cm³/mol. The number of nitrogens with one attached hydrogen (secondary N) is 1. The fourth-order valence-electron chi connectivity index (χ4n) is 1.27. The smallest absolute Gasteiger partial charge is 0.224 e. The highest BCUT2D eigenvalue weighted by molar-refractivity contribution is 5.85. The van der Waals surface area contributed by atoms with Crippen LogP contribution in [0, 0.1) is 5.41 Å². The van der Waals surface area contributed by atoms with Gasteiger partial charge in [0.25, 0.3) is 0 Å². The van der Waals surface area contributed by atoms with Gasteiger partial charge in [-0.1, -0.05) is 0 Å². The molecule has 3 N–H and O–H groups in total. The van der Waals surface area contributed by atoms with E-state index in [1.165, 1.54) is 0 Å². The molecule has 0 radical (unpaired) electrons. The first kappa shape index (κ1) is 10.7. The molecule has 0 aromatic carbocycles. The van der Waals surface area contributed by atoms with Crippen molar-refractivity contribution < 1.29 is 4.79 Å². The van der Waals surface area contributed by atoms with E-state index >= 15 is 0 Å². The van der Waals surface area contributed by atoms with Crippen molar-refractivity contribution in [2.45, 2.75) is 19.8 Å². The minimum Gasteiger partial charge on any atom is -0.369 e. The Kier molecular flexibility index (Phi) is 3.83. The van der Waals surface area contributed by atoms with Crippen molar-refractivity contribution >= 4 is 18.3 Å². The number of carbonyl (C=O) groups excluding carboxylic acids is 1. The topological polar surface area (TPSA) is 55.1 Å². The van der Waals surface area contributed by atoms with Gasteiger partial charge in [0.05, 0.1) is 5.41 Å². The first-order valence-corrected chi connectivity index (χ1v) is 3.66. The third kappa shape index (κ3) is 2.34. The zero-order valence-electron chi connectivity index (χ0n) is 6.72. The third-order valence-electron chi connectivity index (χ3n) is 2.19. The molecule has 0 aromatic rings. The number of halogens is 1. The van der Waals surface area contributed by atoms with Gasteiger partial charge >= 0.3 is 0 Å². The summed E-state index contributed by atoms with van der Waals surface area (Å²) in [5.41, 5.74) is 4.93. The first-order chi connectivity index (χ1) is 4.65. The average Bonchev–Trinajstić information content (AvgIpc) is 1.89. The summed E-state index contributed by atoms with van der Waals surface area (Å²) in [5, 5.41) is 3.16. The molecule has 1 aliphatic heterocycles. The van der Waals surface area contributed by atoms with Crippen LogP contribution in [0.5, 0.6) is 0 Å². The Bertz CT molecular complexity index is 143. The van der Waals surface area contributed by atoms with Gasteiger partial charge in [0.1, 0.15) is 0 Å². The monoisotopic (exact) mass is 178 g/mol. The Balaban J connectivity index is 0.000001000. The van der Waals surface area contributed by atoms with Crippen LogP contribution < -0.4 is 11.1 Å². The molecule has 1 aliphatic rings. The number of hydrogen-bond donors (Lipinski definition) is 2. The van der Waals surface area contributed by atoms with Gasteiger partial charge in [0, 0.05) is 6.54 Å². The van der Waals surface area contributed by atoms with Crippen LogP contribution in [-0.4, -0.2) is 19.0 Å². The zero-order valence-corrected chi connectivity index (χ0v) is 7.54. The number of primary amides is 1. The van der Waals surface area contributed by atoms with Crippen LogP contribution in [-0.2, 0) is 4.79 Å². The van der Waals surface area contributed by atoms with Crippen LogP contribution in [0.15, 0.2) is 0 Å². The largest absolute Gasteiger partial charge is 0.369 e. The van der Waals surface area contributed by atoms with Crippen LogP contribution >= 0.6 is 12.4 Å². The Morgan fingerprint density at radius 2 is 2.27 bits per heavy atom. The van der Waals surface area contributed by atoms with Crippen LogP contribution in [0.4, 0.5) is 0 Å². The number of piperidine rings is 1. The van der Waals surface area contributed by atoms with Crippen LogP contribution in [0.2, 0.25) is 0 Å². The maximum absolute atomic E-state index is 10.9. The molecule has 11 heavy (non-hydrogen) atoms. The van der Waals surface area contributed by atoms with E-state index in [0.717, 1.165) is 25.9 Å². The van der Waals surface area contributed by atoms with Crippen LogP contribution in [0.25, 0.3) is 0 Å². The summed E-state index contributed by atoms with van der Waals surface area (Å²) in [5.74, 6) is -0.181.